The van der Waals surface area contributed by atoms with Gasteiger partial charge >= 0.3 is 0 Å². The summed E-state index contributed by atoms with van der Waals surface area (Å²) >= 11 is 0. The van der Waals surface area contributed by atoms with Crippen LogP contribution in [-0.2, 0) is 13.6 Å². The maximum absolute atomic E-state index is 14.3. The molecule has 1 aliphatic rings. The number of nitrogens with zero attached hydrogens (tertiary/aromatic N) is 2. The van der Waals surface area contributed by atoms with Crippen LogP contribution >= 0.6 is 0 Å². The van der Waals surface area contributed by atoms with Crippen LogP contribution in [0.3, 0.4) is 0 Å². The number of nitrogens with one attached hydrogen (secondary N) is 1. The summed E-state index contributed by atoms with van der Waals surface area (Å²) in [6.45, 7) is 1.73. The largest absolute Gasteiger partial charge is 0.479 e. The summed E-state index contributed by atoms with van der Waals surface area (Å²) in [5.41, 5.74) is 3.67. The van der Waals surface area contributed by atoms with E-state index in [2.05, 4.69) is 16.4 Å². The van der Waals surface area contributed by atoms with E-state index < -0.39 is 11.6 Å². The van der Waals surface area contributed by atoms with Crippen LogP contribution in [-0.4, -0.2) is 23.2 Å². The number of pyridine rings is 1. The molecule has 0 spiro atoms. The summed E-state index contributed by atoms with van der Waals surface area (Å²) in [7, 11) is 3.52. The number of fused-ring (bicyclic) bond motifs is 1. The minimum Gasteiger partial charge on any atom is -0.479 e. The number of rotatable bonds is 8. The van der Waals surface area contributed by atoms with Crippen molar-refractivity contribution < 1.29 is 18.3 Å². The third-order valence-electron chi connectivity index (χ3n) is 5.96. The van der Waals surface area contributed by atoms with Crippen molar-refractivity contribution in [3.8, 4) is 28.5 Å². The summed E-state index contributed by atoms with van der Waals surface area (Å²) < 4.78 is 41.1. The molecule has 1 fully saturated rings. The molecule has 2 heterocycles. The van der Waals surface area contributed by atoms with E-state index in [9.17, 15) is 8.78 Å². The Morgan fingerprint density at radius 2 is 1.88 bits per heavy atom. The van der Waals surface area contributed by atoms with Gasteiger partial charge in [0.05, 0.1) is 7.11 Å². The van der Waals surface area contributed by atoms with Crippen molar-refractivity contribution in [1.29, 1.82) is 0 Å². The number of methoxy groups -OCH3 is 1. The Morgan fingerprint density at radius 1 is 1.06 bits per heavy atom. The molecule has 2 aromatic carbocycles. The molecule has 1 saturated carbocycles. The van der Waals surface area contributed by atoms with Gasteiger partial charge in [-0.25, -0.2) is 13.8 Å². The lowest BCUT2D eigenvalue weighted by Crippen LogP contribution is -2.16. The van der Waals surface area contributed by atoms with Crippen LogP contribution in [0.15, 0.2) is 54.9 Å². The predicted octanol–water partition coefficient (Wildman–Crippen LogP) is 5.82. The molecule has 0 radical (unpaired) electrons. The second-order valence-corrected chi connectivity index (χ2v) is 8.45. The molecule has 0 bridgehead atoms. The molecule has 33 heavy (non-hydrogen) atoms. The molecule has 0 atom stereocenters. The van der Waals surface area contributed by atoms with E-state index in [0.717, 1.165) is 52.7 Å². The normalized spacial score (nSPS) is 13.5. The number of hydrogen-bond donors (Lipinski definition) is 1. The zero-order valence-corrected chi connectivity index (χ0v) is 18.6. The fourth-order valence-corrected chi connectivity index (χ4v) is 4.09. The Morgan fingerprint density at radius 3 is 2.64 bits per heavy atom. The maximum Gasteiger partial charge on any atom is 0.238 e. The van der Waals surface area contributed by atoms with Crippen molar-refractivity contribution in [1.82, 2.24) is 14.9 Å². The van der Waals surface area contributed by atoms with Crippen LogP contribution in [0.25, 0.3) is 22.0 Å². The molecule has 5 rings (SSSR count). The molecule has 5 nitrogen and oxygen atoms in total. The van der Waals surface area contributed by atoms with Gasteiger partial charge in [0.15, 0.2) is 11.6 Å². The van der Waals surface area contributed by atoms with Crippen LogP contribution in [0, 0.1) is 17.6 Å². The Labute approximate surface area is 191 Å². The molecule has 0 saturated heterocycles. The van der Waals surface area contributed by atoms with Crippen LogP contribution in [0.5, 0.6) is 17.4 Å². The second kappa shape index (κ2) is 8.83. The molecular weight excluding hydrogens is 424 g/mol. The Balaban J connectivity index is 1.59. The minimum absolute atomic E-state index is 0.0308. The smallest absolute Gasteiger partial charge is 0.238 e. The van der Waals surface area contributed by atoms with E-state index in [-0.39, 0.29) is 5.75 Å². The lowest BCUT2D eigenvalue weighted by molar-refractivity contribution is 0.401. The summed E-state index contributed by atoms with van der Waals surface area (Å²) in [6.07, 6.45) is 6.27. The fourth-order valence-electron chi connectivity index (χ4n) is 4.09. The highest BCUT2D eigenvalue weighted by molar-refractivity contribution is 5.99. The zero-order valence-electron chi connectivity index (χ0n) is 18.6. The van der Waals surface area contributed by atoms with Crippen LogP contribution in [0.1, 0.15) is 18.4 Å². The average Bonchev–Trinajstić information content (AvgIpc) is 3.57. The number of aryl methyl sites for hydroxylation is 1. The van der Waals surface area contributed by atoms with E-state index in [0.29, 0.717) is 11.6 Å². The first kappa shape index (κ1) is 21.4. The quantitative estimate of drug-likeness (QED) is 0.368. The van der Waals surface area contributed by atoms with Crippen molar-refractivity contribution in [2.24, 2.45) is 13.0 Å². The van der Waals surface area contributed by atoms with E-state index in [1.54, 1.807) is 13.3 Å². The summed E-state index contributed by atoms with van der Waals surface area (Å²) in [4.78, 5) is 4.31. The standard InChI is InChI=1S/C26H25F2N3O2/c1-31-15-21(19-9-10-30-26(32-2)25(19)31)20-11-17(14-29-13-16-3-4-16)5-7-23(20)33-24-8-6-18(27)12-22(24)28/h5-12,15-16,29H,3-4,13-14H2,1-2H3. The molecule has 170 valence electrons. The maximum atomic E-state index is 14.3. The van der Waals surface area contributed by atoms with Crippen molar-refractivity contribution in [3.05, 3.63) is 72.1 Å². The van der Waals surface area contributed by atoms with Crippen molar-refractivity contribution in [3.63, 3.8) is 0 Å². The van der Waals surface area contributed by atoms with Gasteiger partial charge in [0.1, 0.15) is 17.1 Å². The zero-order chi connectivity index (χ0) is 22.9. The first-order valence-electron chi connectivity index (χ1n) is 11.0. The van der Waals surface area contributed by atoms with Gasteiger partial charge in [0.25, 0.3) is 0 Å². The number of aromatic nitrogens is 2. The van der Waals surface area contributed by atoms with Gasteiger partial charge in [-0.15, -0.1) is 0 Å². The van der Waals surface area contributed by atoms with Gasteiger partial charge in [-0.3, -0.25) is 0 Å². The minimum atomic E-state index is -0.750. The first-order chi connectivity index (χ1) is 16.0. The summed E-state index contributed by atoms with van der Waals surface area (Å²) in [6, 6.07) is 11.1. The molecule has 0 aliphatic heterocycles. The summed E-state index contributed by atoms with van der Waals surface area (Å²) in [5, 5.41) is 4.45. The van der Waals surface area contributed by atoms with Crippen molar-refractivity contribution >= 4 is 10.9 Å². The highest BCUT2D eigenvalue weighted by atomic mass is 19.1. The Bertz CT molecular complexity index is 1310. The Kier molecular flexibility index (Phi) is 5.72. The third-order valence-corrected chi connectivity index (χ3v) is 5.96. The highest BCUT2D eigenvalue weighted by Crippen LogP contribution is 2.41. The molecule has 0 amide bonds. The fraction of sp³-hybridized carbons (Fsp3) is 0.269. The molecule has 7 heteroatoms. The molecule has 2 aromatic heterocycles. The number of ether oxygens (including phenoxy) is 2. The third kappa shape index (κ3) is 4.41. The van der Waals surface area contributed by atoms with Crippen LogP contribution < -0.4 is 14.8 Å². The van der Waals surface area contributed by atoms with E-state index in [1.807, 2.05) is 36.0 Å². The second-order valence-electron chi connectivity index (χ2n) is 8.45. The molecule has 4 aromatic rings. The lowest BCUT2D eigenvalue weighted by atomic mass is 10.0. The topological polar surface area (TPSA) is 48.3 Å². The monoisotopic (exact) mass is 449 g/mol. The van der Waals surface area contributed by atoms with E-state index >= 15 is 0 Å². The van der Waals surface area contributed by atoms with Crippen molar-refractivity contribution in [2.75, 3.05) is 13.7 Å². The van der Waals surface area contributed by atoms with Gasteiger partial charge in [-0.2, -0.15) is 0 Å². The molecule has 0 unspecified atom stereocenters. The van der Waals surface area contributed by atoms with Gasteiger partial charge in [-0.05, 0) is 61.2 Å². The van der Waals surface area contributed by atoms with Crippen LogP contribution in [0.4, 0.5) is 8.78 Å². The molecular formula is C26H25F2N3O2. The van der Waals surface area contributed by atoms with Gasteiger partial charge in [-0.1, -0.05) is 6.07 Å². The average molecular weight is 450 g/mol. The van der Waals surface area contributed by atoms with Crippen LogP contribution in [0.2, 0.25) is 0 Å². The number of halogens is 2. The number of hydrogen-bond acceptors (Lipinski definition) is 4. The summed E-state index contributed by atoms with van der Waals surface area (Å²) in [5.74, 6) is 0.360. The molecule has 1 N–H and O–H groups in total. The Hall–Kier alpha value is -3.45. The lowest BCUT2D eigenvalue weighted by Gasteiger charge is -2.14. The van der Waals surface area contributed by atoms with Crippen molar-refractivity contribution in [2.45, 2.75) is 19.4 Å². The van der Waals surface area contributed by atoms with Gasteiger partial charge in [0.2, 0.25) is 5.88 Å². The predicted molar refractivity (Wildman–Crippen MR) is 124 cm³/mol. The molecule has 1 aliphatic carbocycles. The highest BCUT2D eigenvalue weighted by Gasteiger charge is 2.21. The van der Waals surface area contributed by atoms with Gasteiger partial charge < -0.3 is 19.4 Å². The van der Waals surface area contributed by atoms with Gasteiger partial charge in [0, 0.05) is 48.6 Å². The number of benzene rings is 2. The SMILES string of the molecule is COc1nccc2c(-c3cc(CNCC4CC4)ccc3Oc3ccc(F)cc3F)cn(C)c12. The van der Waals surface area contributed by atoms with E-state index in [1.165, 1.54) is 25.0 Å². The first-order valence-corrected chi connectivity index (χ1v) is 11.0. The van der Waals surface area contributed by atoms with E-state index in [4.69, 9.17) is 9.47 Å².